The van der Waals surface area contributed by atoms with Crippen LogP contribution in [0.15, 0.2) is 12.3 Å². The molecule has 2 aromatic rings. The van der Waals surface area contributed by atoms with Gasteiger partial charge in [-0.25, -0.2) is 4.79 Å². The van der Waals surface area contributed by atoms with E-state index in [2.05, 4.69) is 5.10 Å². The molecule has 0 atom stereocenters. The van der Waals surface area contributed by atoms with Crippen molar-refractivity contribution in [3.05, 3.63) is 38.8 Å². The number of carbonyl (C=O) groups is 2. The second-order valence-electron chi connectivity index (χ2n) is 7.11. The number of aromatic nitrogens is 2. The molecule has 1 N–H and O–H groups in total. The number of carbonyl (C=O) groups excluding carboxylic acids is 1. The van der Waals surface area contributed by atoms with Crippen LogP contribution in [0.5, 0.6) is 0 Å². The van der Waals surface area contributed by atoms with Gasteiger partial charge >= 0.3 is 5.97 Å². The molecule has 4 rings (SSSR count). The van der Waals surface area contributed by atoms with E-state index in [1.807, 2.05) is 23.4 Å². The molecule has 2 aliphatic heterocycles. The highest BCUT2D eigenvalue weighted by atomic mass is 32.1. The van der Waals surface area contributed by atoms with Crippen LogP contribution in [0.2, 0.25) is 0 Å². The van der Waals surface area contributed by atoms with Crippen molar-refractivity contribution in [3.8, 4) is 0 Å². The summed E-state index contributed by atoms with van der Waals surface area (Å²) in [6.07, 6.45) is 3.77. The molecule has 2 aliphatic rings. The Hall–Kier alpha value is -2.19. The molecule has 7 nitrogen and oxygen atoms in total. The van der Waals surface area contributed by atoms with Crippen molar-refractivity contribution in [1.29, 1.82) is 0 Å². The number of aryl methyl sites for hydroxylation is 1. The zero-order chi connectivity index (χ0) is 19.2. The van der Waals surface area contributed by atoms with Gasteiger partial charge in [-0.1, -0.05) is 0 Å². The molecule has 0 radical (unpaired) electrons. The third-order valence-electron chi connectivity index (χ3n) is 5.67. The van der Waals surface area contributed by atoms with E-state index in [1.54, 1.807) is 12.3 Å². The predicted molar refractivity (Wildman–Crippen MR) is 100 cm³/mol. The largest absolute Gasteiger partial charge is 0.477 e. The molecule has 1 spiro atoms. The van der Waals surface area contributed by atoms with Crippen molar-refractivity contribution in [2.75, 3.05) is 19.7 Å². The molecule has 4 heterocycles. The topological polar surface area (TPSA) is 84.7 Å². The Kier molecular flexibility index (Phi) is 4.55. The van der Waals surface area contributed by atoms with Crippen molar-refractivity contribution in [2.24, 2.45) is 0 Å². The highest BCUT2D eigenvalue weighted by Crippen LogP contribution is 2.45. The Bertz CT molecular complexity index is 893. The second kappa shape index (κ2) is 6.76. The lowest BCUT2D eigenvalue weighted by atomic mass is 9.85. The number of aromatic carboxylic acids is 1. The van der Waals surface area contributed by atoms with Gasteiger partial charge in [0.25, 0.3) is 5.91 Å². The number of carboxylic acid groups (broad SMARTS) is 1. The molecule has 2 aromatic heterocycles. The number of fused-ring (bicyclic) bond motifs is 2. The van der Waals surface area contributed by atoms with E-state index in [0.717, 1.165) is 29.1 Å². The SMILES string of the molecule is CCn1ncc(C(=O)N2CCC3(CC2)OCCc2cc(C(=O)O)sc23)c1C. The third-order valence-corrected chi connectivity index (χ3v) is 7.03. The Morgan fingerprint density at radius 1 is 1.37 bits per heavy atom. The summed E-state index contributed by atoms with van der Waals surface area (Å²) >= 11 is 1.32. The molecule has 0 saturated carbocycles. The average molecular weight is 389 g/mol. The van der Waals surface area contributed by atoms with E-state index in [0.29, 0.717) is 43.0 Å². The first-order chi connectivity index (χ1) is 12.9. The fourth-order valence-corrected chi connectivity index (χ4v) is 5.36. The molecular formula is C19H23N3O4S. The number of likely N-dealkylation sites (tertiary alicyclic amines) is 1. The lowest BCUT2D eigenvalue weighted by molar-refractivity contribution is -0.0906. The molecule has 144 valence electrons. The lowest BCUT2D eigenvalue weighted by Gasteiger charge is -2.43. The maximum atomic E-state index is 12.9. The smallest absolute Gasteiger partial charge is 0.345 e. The maximum Gasteiger partial charge on any atom is 0.345 e. The average Bonchev–Trinajstić information content (AvgIpc) is 3.26. The number of piperidine rings is 1. The third kappa shape index (κ3) is 2.96. The van der Waals surface area contributed by atoms with E-state index in [9.17, 15) is 14.7 Å². The van der Waals surface area contributed by atoms with Gasteiger partial charge < -0.3 is 14.7 Å². The summed E-state index contributed by atoms with van der Waals surface area (Å²) in [6, 6.07) is 1.78. The zero-order valence-corrected chi connectivity index (χ0v) is 16.3. The molecule has 8 heteroatoms. The Morgan fingerprint density at radius 2 is 2.11 bits per heavy atom. The summed E-state index contributed by atoms with van der Waals surface area (Å²) in [5.74, 6) is -0.879. The molecule has 0 aliphatic carbocycles. The highest BCUT2D eigenvalue weighted by Gasteiger charge is 2.43. The van der Waals surface area contributed by atoms with Crippen LogP contribution in [-0.4, -0.2) is 51.4 Å². The zero-order valence-electron chi connectivity index (χ0n) is 15.5. The number of nitrogens with zero attached hydrogens (tertiary/aromatic N) is 3. The first-order valence-corrected chi connectivity index (χ1v) is 10.1. The summed E-state index contributed by atoms with van der Waals surface area (Å²) < 4.78 is 8.00. The first-order valence-electron chi connectivity index (χ1n) is 9.27. The minimum Gasteiger partial charge on any atom is -0.477 e. The normalized spacial score (nSPS) is 18.5. The predicted octanol–water partition coefficient (Wildman–Crippen LogP) is 2.68. The van der Waals surface area contributed by atoms with E-state index in [-0.39, 0.29) is 5.91 Å². The molecule has 0 bridgehead atoms. The number of amides is 1. The molecule has 1 amide bonds. The number of hydrogen-bond donors (Lipinski definition) is 1. The fraction of sp³-hybridized carbons (Fsp3) is 0.526. The van der Waals surface area contributed by atoms with Gasteiger partial charge in [-0.3, -0.25) is 9.48 Å². The molecule has 0 unspecified atom stereocenters. The van der Waals surface area contributed by atoms with Crippen molar-refractivity contribution in [1.82, 2.24) is 14.7 Å². The lowest BCUT2D eigenvalue weighted by Crippen LogP contribution is -2.48. The van der Waals surface area contributed by atoms with Crippen molar-refractivity contribution in [3.63, 3.8) is 0 Å². The standard InChI is InChI=1S/C19H23N3O4S/c1-3-22-12(2)14(11-20-22)17(23)21-7-5-19(6-8-21)16-13(4-9-26-19)10-15(27-16)18(24)25/h10-11H,3-9H2,1-2H3,(H,24,25). The Morgan fingerprint density at radius 3 is 2.74 bits per heavy atom. The molecular weight excluding hydrogens is 366 g/mol. The van der Waals surface area contributed by atoms with Gasteiger partial charge in [0.1, 0.15) is 10.5 Å². The number of hydrogen-bond acceptors (Lipinski definition) is 5. The van der Waals surface area contributed by atoms with E-state index < -0.39 is 11.6 Å². The highest BCUT2D eigenvalue weighted by molar-refractivity contribution is 7.14. The van der Waals surface area contributed by atoms with Gasteiger partial charge in [0.2, 0.25) is 0 Å². The first kappa shape index (κ1) is 18.2. The number of carboxylic acids is 1. The molecule has 0 aromatic carbocycles. The van der Waals surface area contributed by atoms with Crippen LogP contribution in [0.3, 0.4) is 0 Å². The van der Waals surface area contributed by atoms with Gasteiger partial charge in [-0.2, -0.15) is 5.10 Å². The molecule has 1 saturated heterocycles. The van der Waals surface area contributed by atoms with Crippen LogP contribution in [0.1, 0.15) is 55.9 Å². The van der Waals surface area contributed by atoms with Crippen molar-refractivity contribution in [2.45, 2.75) is 45.3 Å². The monoisotopic (exact) mass is 389 g/mol. The van der Waals surface area contributed by atoms with E-state index in [1.165, 1.54) is 11.3 Å². The van der Waals surface area contributed by atoms with Crippen molar-refractivity contribution >= 4 is 23.2 Å². The maximum absolute atomic E-state index is 12.9. The van der Waals surface area contributed by atoms with Crippen LogP contribution >= 0.6 is 11.3 Å². The minimum absolute atomic E-state index is 0.00971. The Labute approximate surface area is 161 Å². The van der Waals surface area contributed by atoms with Crippen LogP contribution in [0.4, 0.5) is 0 Å². The van der Waals surface area contributed by atoms with E-state index in [4.69, 9.17) is 4.74 Å². The number of ether oxygens (including phenoxy) is 1. The van der Waals surface area contributed by atoms with Gasteiger partial charge in [-0.05, 0) is 44.7 Å². The second-order valence-corrected chi connectivity index (χ2v) is 8.17. The minimum atomic E-state index is -0.888. The number of rotatable bonds is 3. The summed E-state index contributed by atoms with van der Waals surface area (Å²) in [5.41, 5.74) is 2.18. The van der Waals surface area contributed by atoms with Crippen molar-refractivity contribution < 1.29 is 19.4 Å². The van der Waals surface area contributed by atoms with Crippen LogP contribution in [0, 0.1) is 6.92 Å². The molecule has 1 fully saturated rings. The quantitative estimate of drug-likeness (QED) is 0.872. The van der Waals surface area contributed by atoms with Crippen LogP contribution in [0.25, 0.3) is 0 Å². The van der Waals surface area contributed by atoms with Gasteiger partial charge in [0.15, 0.2) is 0 Å². The summed E-state index contributed by atoms with van der Waals surface area (Å²) in [5, 5.41) is 13.6. The van der Waals surface area contributed by atoms with Gasteiger partial charge in [0, 0.05) is 30.2 Å². The van der Waals surface area contributed by atoms with Crippen LogP contribution < -0.4 is 0 Å². The summed E-state index contributed by atoms with van der Waals surface area (Å²) in [7, 11) is 0. The van der Waals surface area contributed by atoms with Crippen LogP contribution in [-0.2, 0) is 23.3 Å². The van der Waals surface area contributed by atoms with E-state index >= 15 is 0 Å². The van der Waals surface area contributed by atoms with Gasteiger partial charge in [-0.15, -0.1) is 11.3 Å². The van der Waals surface area contributed by atoms with Gasteiger partial charge in [0.05, 0.1) is 18.4 Å². The Balaban J connectivity index is 1.53. The summed E-state index contributed by atoms with van der Waals surface area (Å²) in [6.45, 7) is 6.45. The fourth-order valence-electron chi connectivity index (χ4n) is 4.12. The molecule has 27 heavy (non-hydrogen) atoms. The number of thiophene rings is 1. The summed E-state index contributed by atoms with van der Waals surface area (Å²) in [4.78, 5) is 27.5.